The summed E-state index contributed by atoms with van der Waals surface area (Å²) in [6.45, 7) is 4.77. The van der Waals surface area contributed by atoms with Crippen molar-refractivity contribution >= 4 is 28.1 Å². The molecule has 0 bridgehead atoms. The lowest BCUT2D eigenvalue weighted by atomic mass is 10.1. The van der Waals surface area contributed by atoms with Gasteiger partial charge in [0.15, 0.2) is 0 Å². The monoisotopic (exact) mass is 268 g/mol. The van der Waals surface area contributed by atoms with Gasteiger partial charge in [0.1, 0.15) is 0 Å². The van der Waals surface area contributed by atoms with Crippen LogP contribution in [0.5, 0.6) is 0 Å². The van der Waals surface area contributed by atoms with Crippen LogP contribution >= 0.6 is 11.6 Å². The molecular formula is C16H13ClN2. The predicted octanol–water partition coefficient (Wildman–Crippen LogP) is 4.40. The second-order valence-corrected chi connectivity index (χ2v) is 4.94. The van der Waals surface area contributed by atoms with Gasteiger partial charge in [0.25, 0.3) is 0 Å². The van der Waals surface area contributed by atoms with Crippen LogP contribution in [0.25, 0.3) is 16.5 Å². The number of nitrogens with zero attached hydrogens (tertiary/aromatic N) is 2. The van der Waals surface area contributed by atoms with Crippen LogP contribution in [0.2, 0.25) is 5.02 Å². The summed E-state index contributed by atoms with van der Waals surface area (Å²) in [6, 6.07) is 15.8. The Labute approximate surface area is 116 Å². The number of hydrogen-bond acceptors (Lipinski definition) is 1. The minimum Gasteiger partial charge on any atom is -0.267 e. The number of aromatic nitrogens is 2. The van der Waals surface area contributed by atoms with Gasteiger partial charge in [-0.05, 0) is 29.3 Å². The molecular weight excluding hydrogens is 256 g/mol. The van der Waals surface area contributed by atoms with E-state index in [4.69, 9.17) is 11.6 Å². The first-order chi connectivity index (χ1) is 9.22. The fraction of sp³-hybridized carbons (Fsp3) is 0.0625. The van der Waals surface area contributed by atoms with E-state index in [0.29, 0.717) is 6.54 Å². The highest BCUT2D eigenvalue weighted by Crippen LogP contribution is 2.20. The number of halogens is 1. The zero-order valence-corrected chi connectivity index (χ0v) is 11.1. The summed E-state index contributed by atoms with van der Waals surface area (Å²) in [5.41, 5.74) is 3.05. The fourth-order valence-electron chi connectivity index (χ4n) is 2.09. The molecule has 19 heavy (non-hydrogen) atoms. The Morgan fingerprint density at radius 1 is 1.16 bits per heavy atom. The number of rotatable bonds is 3. The Hall–Kier alpha value is -2.06. The van der Waals surface area contributed by atoms with E-state index >= 15 is 0 Å². The zero-order chi connectivity index (χ0) is 13.2. The van der Waals surface area contributed by atoms with Crippen molar-refractivity contribution in [3.05, 3.63) is 71.9 Å². The zero-order valence-electron chi connectivity index (χ0n) is 10.4. The van der Waals surface area contributed by atoms with Gasteiger partial charge >= 0.3 is 0 Å². The molecule has 3 rings (SSSR count). The van der Waals surface area contributed by atoms with Crippen molar-refractivity contribution < 1.29 is 0 Å². The minimum absolute atomic E-state index is 0.662. The third kappa shape index (κ3) is 2.54. The average molecular weight is 269 g/mol. The molecule has 94 valence electrons. The molecule has 0 saturated carbocycles. The van der Waals surface area contributed by atoms with E-state index in [9.17, 15) is 0 Å². The van der Waals surface area contributed by atoms with Crippen LogP contribution < -0.4 is 0 Å². The first-order valence-electron chi connectivity index (χ1n) is 6.08. The number of allylic oxidation sites excluding steroid dienone is 1. The molecule has 2 aromatic carbocycles. The maximum absolute atomic E-state index is 5.99. The van der Waals surface area contributed by atoms with Gasteiger partial charge in [-0.3, -0.25) is 4.68 Å². The van der Waals surface area contributed by atoms with E-state index in [-0.39, 0.29) is 0 Å². The predicted molar refractivity (Wildman–Crippen MR) is 80.2 cm³/mol. The quantitative estimate of drug-likeness (QED) is 0.688. The van der Waals surface area contributed by atoms with Crippen molar-refractivity contribution in [2.45, 2.75) is 6.54 Å². The molecule has 0 radical (unpaired) electrons. The van der Waals surface area contributed by atoms with Crippen molar-refractivity contribution in [2.24, 2.45) is 0 Å². The summed E-state index contributed by atoms with van der Waals surface area (Å²) in [5, 5.41) is 6.39. The van der Waals surface area contributed by atoms with E-state index < -0.39 is 0 Å². The van der Waals surface area contributed by atoms with Gasteiger partial charge in [-0.2, -0.15) is 5.10 Å². The highest BCUT2D eigenvalue weighted by molar-refractivity contribution is 6.30. The summed E-state index contributed by atoms with van der Waals surface area (Å²) < 4.78 is 1.91. The van der Waals surface area contributed by atoms with Crippen molar-refractivity contribution in [1.82, 2.24) is 9.78 Å². The summed E-state index contributed by atoms with van der Waals surface area (Å²) in [7, 11) is 0. The van der Waals surface area contributed by atoms with Crippen LogP contribution in [0.1, 0.15) is 5.56 Å². The summed E-state index contributed by atoms with van der Waals surface area (Å²) >= 11 is 5.99. The maximum Gasteiger partial charge on any atom is 0.0923 e. The van der Waals surface area contributed by atoms with E-state index in [1.807, 2.05) is 53.3 Å². The van der Waals surface area contributed by atoms with Crippen molar-refractivity contribution in [2.75, 3.05) is 0 Å². The Morgan fingerprint density at radius 2 is 2.00 bits per heavy atom. The van der Waals surface area contributed by atoms with Crippen molar-refractivity contribution in [3.63, 3.8) is 0 Å². The third-order valence-electron chi connectivity index (χ3n) is 3.05. The van der Waals surface area contributed by atoms with Crippen LogP contribution in [0.4, 0.5) is 0 Å². The van der Waals surface area contributed by atoms with Gasteiger partial charge in [-0.1, -0.05) is 48.5 Å². The third-order valence-corrected chi connectivity index (χ3v) is 3.28. The van der Waals surface area contributed by atoms with Crippen LogP contribution in [0, 0.1) is 0 Å². The second kappa shape index (κ2) is 4.90. The molecule has 1 heterocycles. The fourth-order valence-corrected chi connectivity index (χ4v) is 2.28. The highest BCUT2D eigenvalue weighted by atomic mass is 35.5. The van der Waals surface area contributed by atoms with E-state index in [2.05, 4.69) is 17.7 Å². The molecule has 3 heteroatoms. The molecule has 1 aromatic heterocycles. The lowest BCUT2D eigenvalue weighted by Crippen LogP contribution is -2.00. The molecule has 0 unspecified atom stereocenters. The van der Waals surface area contributed by atoms with E-state index in [0.717, 1.165) is 27.1 Å². The Morgan fingerprint density at radius 3 is 2.79 bits per heavy atom. The standard InChI is InChI=1S/C16H13ClN2/c1-12(13-6-4-7-15(17)9-13)10-19-11-14-5-2-3-8-16(14)18-19/h2-9,11H,1,10H2. The van der Waals surface area contributed by atoms with Gasteiger partial charge in [0.05, 0.1) is 12.1 Å². The first-order valence-corrected chi connectivity index (χ1v) is 6.46. The number of hydrogen-bond donors (Lipinski definition) is 0. The molecule has 0 atom stereocenters. The first kappa shape index (κ1) is 12.0. The van der Waals surface area contributed by atoms with Crippen molar-refractivity contribution in [1.29, 1.82) is 0 Å². The largest absolute Gasteiger partial charge is 0.267 e. The maximum atomic E-state index is 5.99. The molecule has 2 nitrogen and oxygen atoms in total. The number of benzene rings is 2. The summed E-state index contributed by atoms with van der Waals surface area (Å²) in [6.07, 6.45) is 2.03. The molecule has 0 N–H and O–H groups in total. The second-order valence-electron chi connectivity index (χ2n) is 4.50. The molecule has 0 aliphatic heterocycles. The molecule has 0 spiro atoms. The highest BCUT2D eigenvalue weighted by Gasteiger charge is 2.04. The van der Waals surface area contributed by atoms with Crippen molar-refractivity contribution in [3.8, 4) is 0 Å². The molecule has 3 aromatic rings. The van der Waals surface area contributed by atoms with Crippen LogP contribution in [0.15, 0.2) is 61.3 Å². The van der Waals surface area contributed by atoms with Gasteiger partial charge in [-0.15, -0.1) is 0 Å². The molecule has 0 aliphatic rings. The molecule has 0 aliphatic carbocycles. The number of fused-ring (bicyclic) bond motifs is 1. The van der Waals surface area contributed by atoms with E-state index in [1.54, 1.807) is 0 Å². The summed E-state index contributed by atoms with van der Waals surface area (Å²) in [4.78, 5) is 0. The van der Waals surface area contributed by atoms with E-state index in [1.165, 1.54) is 0 Å². The Bertz CT molecular complexity index is 710. The Balaban J connectivity index is 1.86. The lowest BCUT2D eigenvalue weighted by Gasteiger charge is -2.06. The smallest absolute Gasteiger partial charge is 0.0923 e. The summed E-state index contributed by atoms with van der Waals surface area (Å²) in [5.74, 6) is 0. The van der Waals surface area contributed by atoms with Crippen LogP contribution in [-0.4, -0.2) is 9.78 Å². The molecule has 0 amide bonds. The van der Waals surface area contributed by atoms with Gasteiger partial charge < -0.3 is 0 Å². The Kier molecular flexibility index (Phi) is 3.10. The minimum atomic E-state index is 0.662. The van der Waals surface area contributed by atoms with Crippen LogP contribution in [0.3, 0.4) is 0 Å². The average Bonchev–Trinajstić information content (AvgIpc) is 2.80. The van der Waals surface area contributed by atoms with Crippen LogP contribution in [-0.2, 0) is 6.54 Å². The SMILES string of the molecule is C=C(Cn1cc2ccccc2n1)c1cccc(Cl)c1. The van der Waals surface area contributed by atoms with Gasteiger partial charge in [0, 0.05) is 16.6 Å². The van der Waals surface area contributed by atoms with Gasteiger partial charge in [0.2, 0.25) is 0 Å². The topological polar surface area (TPSA) is 17.8 Å². The lowest BCUT2D eigenvalue weighted by molar-refractivity contribution is 0.723. The van der Waals surface area contributed by atoms with Gasteiger partial charge in [-0.25, -0.2) is 0 Å². The normalized spacial score (nSPS) is 10.8. The molecule has 0 saturated heterocycles. The molecule has 0 fully saturated rings.